The number of carbonyl (C=O) groups excluding carboxylic acids is 3. The molecular weight excluding hydrogens is 288 g/mol. The summed E-state index contributed by atoms with van der Waals surface area (Å²) in [6, 6.07) is 6.74. The van der Waals surface area contributed by atoms with Crippen LogP contribution in [0, 0.1) is 0 Å². The summed E-state index contributed by atoms with van der Waals surface area (Å²) in [4.78, 5) is 33.4. The van der Waals surface area contributed by atoms with Crippen molar-refractivity contribution in [3.05, 3.63) is 29.8 Å². The van der Waals surface area contributed by atoms with Crippen LogP contribution in [0.5, 0.6) is 5.75 Å². The van der Waals surface area contributed by atoms with E-state index in [9.17, 15) is 14.4 Å². The molecule has 0 unspecified atom stereocenters. The van der Waals surface area contributed by atoms with Gasteiger partial charge in [-0.15, -0.1) is 0 Å². The average Bonchev–Trinajstić information content (AvgIpc) is 2.51. The van der Waals surface area contributed by atoms with Gasteiger partial charge < -0.3 is 15.8 Å². The minimum Gasteiger partial charge on any atom is -0.483 e. The highest BCUT2D eigenvalue weighted by atomic mass is 16.5. The Bertz CT molecular complexity index is 572. The summed E-state index contributed by atoms with van der Waals surface area (Å²) in [5.41, 5.74) is 7.63. The Kier molecular flexibility index (Phi) is 7.10. The maximum atomic E-state index is 11.4. The molecule has 3 amide bonds. The molecule has 1 aromatic rings. The number of hydrogen-bond donors (Lipinski definition) is 3. The van der Waals surface area contributed by atoms with Crippen LogP contribution >= 0.6 is 0 Å². The molecule has 1 aromatic carbocycles. The van der Waals surface area contributed by atoms with Gasteiger partial charge in [-0.05, 0) is 18.6 Å². The first-order valence-electron chi connectivity index (χ1n) is 6.66. The number of hydrazone groups is 1. The van der Waals surface area contributed by atoms with Crippen LogP contribution in [0.1, 0.15) is 18.9 Å². The Labute approximate surface area is 127 Å². The molecule has 1 rings (SSSR count). The summed E-state index contributed by atoms with van der Waals surface area (Å²) in [6.07, 6.45) is 2.04. The van der Waals surface area contributed by atoms with E-state index in [0.717, 1.165) is 6.42 Å². The molecule has 0 saturated heterocycles. The fraction of sp³-hybridized carbons (Fsp3) is 0.286. The molecule has 8 heteroatoms. The molecule has 118 valence electrons. The predicted molar refractivity (Wildman–Crippen MR) is 80.2 cm³/mol. The van der Waals surface area contributed by atoms with Crippen molar-refractivity contribution < 1.29 is 19.1 Å². The molecule has 4 N–H and O–H groups in total. The lowest BCUT2D eigenvalue weighted by molar-refractivity contribution is -0.139. The molecule has 0 radical (unpaired) electrons. The summed E-state index contributed by atoms with van der Waals surface area (Å²) < 4.78 is 5.20. The topological polar surface area (TPSA) is 123 Å². The molecule has 0 heterocycles. The quantitative estimate of drug-likeness (QED) is 0.358. The molecule has 0 aromatic heterocycles. The number of nitrogens with one attached hydrogen (secondary N) is 2. The second-order valence-electron chi connectivity index (χ2n) is 4.25. The van der Waals surface area contributed by atoms with E-state index in [1.807, 2.05) is 6.92 Å². The van der Waals surface area contributed by atoms with Gasteiger partial charge in [0.1, 0.15) is 5.75 Å². The van der Waals surface area contributed by atoms with E-state index in [-0.39, 0.29) is 6.61 Å². The lowest BCUT2D eigenvalue weighted by Crippen LogP contribution is -2.38. The lowest BCUT2D eigenvalue weighted by atomic mass is 10.2. The molecule has 22 heavy (non-hydrogen) atoms. The van der Waals surface area contributed by atoms with Crippen molar-refractivity contribution in [2.45, 2.75) is 13.3 Å². The monoisotopic (exact) mass is 306 g/mol. The van der Waals surface area contributed by atoms with Gasteiger partial charge in [-0.1, -0.05) is 19.1 Å². The number of nitrogens with zero attached hydrogens (tertiary/aromatic N) is 1. The van der Waals surface area contributed by atoms with Crippen LogP contribution in [-0.2, 0) is 14.4 Å². The summed E-state index contributed by atoms with van der Waals surface area (Å²) >= 11 is 0. The number of primary amides is 1. The average molecular weight is 306 g/mol. The van der Waals surface area contributed by atoms with E-state index < -0.39 is 17.7 Å². The van der Waals surface area contributed by atoms with Crippen LogP contribution in [0.4, 0.5) is 0 Å². The van der Waals surface area contributed by atoms with E-state index in [2.05, 4.69) is 15.8 Å². The van der Waals surface area contributed by atoms with Crippen molar-refractivity contribution in [2.24, 2.45) is 10.8 Å². The van der Waals surface area contributed by atoms with Crippen LogP contribution in [0.25, 0.3) is 0 Å². The maximum absolute atomic E-state index is 11.4. The van der Waals surface area contributed by atoms with E-state index in [4.69, 9.17) is 10.5 Å². The lowest BCUT2D eigenvalue weighted by Gasteiger charge is -2.06. The number of ether oxygens (including phenoxy) is 1. The van der Waals surface area contributed by atoms with Crippen LogP contribution in [-0.4, -0.2) is 37.1 Å². The molecular formula is C14H18N4O4. The van der Waals surface area contributed by atoms with Crippen LogP contribution in [0.3, 0.4) is 0 Å². The van der Waals surface area contributed by atoms with Crippen molar-refractivity contribution in [1.29, 1.82) is 0 Å². The maximum Gasteiger partial charge on any atom is 0.329 e. The Balaban J connectivity index is 2.60. The second-order valence-corrected chi connectivity index (χ2v) is 4.25. The normalized spacial score (nSPS) is 10.2. The highest BCUT2D eigenvalue weighted by Crippen LogP contribution is 2.15. The third-order valence-electron chi connectivity index (χ3n) is 2.40. The number of hydrogen-bond acceptors (Lipinski definition) is 5. The van der Waals surface area contributed by atoms with Gasteiger partial charge in [0.2, 0.25) is 0 Å². The third kappa shape index (κ3) is 6.04. The Morgan fingerprint density at radius 1 is 1.27 bits per heavy atom. The number of amides is 3. The molecule has 0 spiro atoms. The number of para-hydroxylation sites is 1. The molecule has 0 bridgehead atoms. The van der Waals surface area contributed by atoms with Gasteiger partial charge in [-0.3, -0.25) is 14.4 Å². The van der Waals surface area contributed by atoms with Crippen LogP contribution < -0.4 is 21.2 Å². The second kappa shape index (κ2) is 9.11. The van der Waals surface area contributed by atoms with Crippen molar-refractivity contribution in [3.8, 4) is 5.75 Å². The predicted octanol–water partition coefficient (Wildman–Crippen LogP) is -0.473. The van der Waals surface area contributed by atoms with Gasteiger partial charge >= 0.3 is 11.8 Å². The summed E-state index contributed by atoms with van der Waals surface area (Å²) in [7, 11) is 0. The minimum absolute atomic E-state index is 0.267. The Hall–Kier alpha value is -2.90. The number of nitrogens with two attached hydrogens (primary N) is 1. The first-order chi connectivity index (χ1) is 10.5. The van der Waals surface area contributed by atoms with Gasteiger partial charge in [0.25, 0.3) is 5.91 Å². The smallest absolute Gasteiger partial charge is 0.329 e. The Morgan fingerprint density at radius 3 is 2.68 bits per heavy atom. The fourth-order valence-corrected chi connectivity index (χ4v) is 1.40. The van der Waals surface area contributed by atoms with Crippen molar-refractivity contribution in [2.75, 3.05) is 13.2 Å². The van der Waals surface area contributed by atoms with E-state index in [1.165, 1.54) is 6.21 Å². The van der Waals surface area contributed by atoms with Gasteiger partial charge in [0.05, 0.1) is 6.21 Å². The van der Waals surface area contributed by atoms with Crippen LogP contribution in [0.2, 0.25) is 0 Å². The molecule has 0 aliphatic rings. The molecule has 0 saturated carbocycles. The van der Waals surface area contributed by atoms with Crippen molar-refractivity contribution in [3.63, 3.8) is 0 Å². The zero-order chi connectivity index (χ0) is 16.4. The van der Waals surface area contributed by atoms with Gasteiger partial charge in [-0.25, -0.2) is 5.43 Å². The summed E-state index contributed by atoms with van der Waals surface area (Å²) in [6.45, 7) is 2.02. The van der Waals surface area contributed by atoms with E-state index in [0.29, 0.717) is 17.9 Å². The fourth-order valence-electron chi connectivity index (χ4n) is 1.40. The highest BCUT2D eigenvalue weighted by molar-refractivity contribution is 6.35. The van der Waals surface area contributed by atoms with Gasteiger partial charge in [0.15, 0.2) is 6.61 Å². The van der Waals surface area contributed by atoms with Crippen molar-refractivity contribution >= 4 is 23.9 Å². The number of rotatable bonds is 7. The molecule has 0 aliphatic heterocycles. The first-order valence-corrected chi connectivity index (χ1v) is 6.66. The zero-order valence-corrected chi connectivity index (χ0v) is 12.2. The Morgan fingerprint density at radius 2 is 2.00 bits per heavy atom. The standard InChI is InChI=1S/C14H18N4O4/c1-2-7-16-13(20)14(21)18-17-8-10-5-3-4-6-11(10)22-9-12(15)19/h3-6,8H,2,7,9H2,1H3,(H2,15,19)(H,16,20)(H,18,21)/b17-8-. The van der Waals surface area contributed by atoms with E-state index in [1.54, 1.807) is 24.3 Å². The third-order valence-corrected chi connectivity index (χ3v) is 2.40. The SMILES string of the molecule is CCCNC(=O)C(=O)N/N=C\c1ccccc1OCC(N)=O. The molecule has 0 atom stereocenters. The number of carbonyl (C=O) groups is 3. The largest absolute Gasteiger partial charge is 0.483 e. The van der Waals surface area contributed by atoms with Gasteiger partial charge in [-0.2, -0.15) is 5.10 Å². The minimum atomic E-state index is -0.861. The summed E-state index contributed by atoms with van der Waals surface area (Å²) in [5, 5.41) is 6.10. The van der Waals surface area contributed by atoms with Crippen molar-refractivity contribution in [1.82, 2.24) is 10.7 Å². The molecule has 0 aliphatic carbocycles. The number of benzene rings is 1. The van der Waals surface area contributed by atoms with Gasteiger partial charge in [0, 0.05) is 12.1 Å². The molecule has 8 nitrogen and oxygen atoms in total. The zero-order valence-electron chi connectivity index (χ0n) is 12.2. The highest BCUT2D eigenvalue weighted by Gasteiger charge is 2.11. The van der Waals surface area contributed by atoms with E-state index >= 15 is 0 Å². The molecule has 0 fully saturated rings. The van der Waals surface area contributed by atoms with Crippen LogP contribution in [0.15, 0.2) is 29.4 Å². The summed E-state index contributed by atoms with van der Waals surface area (Å²) in [5.74, 6) is -1.83. The first kappa shape index (κ1) is 17.2.